The maximum absolute atomic E-state index is 13.6. The van der Waals surface area contributed by atoms with E-state index in [1.165, 1.54) is 30.9 Å². The molecule has 146 valence electrons. The quantitative estimate of drug-likeness (QED) is 0.830. The van der Waals surface area contributed by atoms with E-state index in [1.807, 2.05) is 6.07 Å². The predicted molar refractivity (Wildman–Crippen MR) is 98.7 cm³/mol. The van der Waals surface area contributed by atoms with Gasteiger partial charge in [-0.15, -0.1) is 0 Å². The molecule has 3 amide bonds. The van der Waals surface area contributed by atoms with Gasteiger partial charge in [-0.2, -0.15) is 9.65 Å². The molecule has 2 aliphatic rings. The van der Waals surface area contributed by atoms with Crippen molar-refractivity contribution < 1.29 is 18.7 Å². The molecule has 1 aromatic rings. The number of amides is 3. The van der Waals surface area contributed by atoms with Crippen molar-refractivity contribution >= 4 is 18.2 Å². The zero-order chi connectivity index (χ0) is 20.3. The number of benzene rings is 1. The number of hydrogen-bond donors (Lipinski definition) is 2. The molecule has 0 spiro atoms. The molecule has 28 heavy (non-hydrogen) atoms. The first-order valence-corrected chi connectivity index (χ1v) is 8.78. The summed E-state index contributed by atoms with van der Waals surface area (Å²) >= 11 is 0. The second-order valence-electron chi connectivity index (χ2n) is 6.83. The van der Waals surface area contributed by atoms with Crippen molar-refractivity contribution in [3.63, 3.8) is 0 Å². The summed E-state index contributed by atoms with van der Waals surface area (Å²) in [5, 5.41) is 14.8. The maximum Gasteiger partial charge on any atom is 0.324 e. The molecule has 0 saturated carbocycles. The van der Waals surface area contributed by atoms with Gasteiger partial charge in [0, 0.05) is 20.1 Å². The lowest BCUT2D eigenvalue weighted by molar-refractivity contribution is -0.121. The zero-order valence-electron chi connectivity index (χ0n) is 15.5. The Morgan fingerprint density at radius 2 is 2.14 bits per heavy atom. The number of ether oxygens (including phenoxy) is 1. The number of carbonyl (C=O) groups excluding carboxylic acids is 2. The number of hydrogen-bond acceptors (Lipinski definition) is 5. The fourth-order valence-corrected chi connectivity index (χ4v) is 2.90. The van der Waals surface area contributed by atoms with Crippen LogP contribution >= 0.6 is 0 Å². The Balaban J connectivity index is 1.74. The highest BCUT2D eigenvalue weighted by Crippen LogP contribution is 2.24. The molecule has 9 heteroatoms. The van der Waals surface area contributed by atoms with Crippen LogP contribution in [0.3, 0.4) is 0 Å². The topological polar surface area (TPSA) is 107 Å². The SMILES string of the molecule is CC(C)(F)Oc1ccc(C(C#N)NC(=O)N2CC(=O)NC3=C2N=CCC3)cc1. The largest absolute Gasteiger partial charge is 0.459 e. The molecule has 1 atom stereocenters. The minimum absolute atomic E-state index is 0.182. The van der Waals surface area contributed by atoms with E-state index >= 15 is 0 Å². The Bertz CT molecular complexity index is 880. The van der Waals surface area contributed by atoms with Crippen LogP contribution in [0.15, 0.2) is 40.8 Å². The molecule has 2 aliphatic heterocycles. The average molecular weight is 385 g/mol. The van der Waals surface area contributed by atoms with Crippen LogP contribution in [0, 0.1) is 11.3 Å². The maximum atomic E-state index is 13.6. The molecule has 0 aromatic heterocycles. The summed E-state index contributed by atoms with van der Waals surface area (Å²) in [4.78, 5) is 30.0. The van der Waals surface area contributed by atoms with Crippen LogP contribution in [0.4, 0.5) is 9.18 Å². The van der Waals surface area contributed by atoms with Crippen LogP contribution in [-0.2, 0) is 4.79 Å². The first-order valence-electron chi connectivity index (χ1n) is 8.78. The van der Waals surface area contributed by atoms with Gasteiger partial charge in [0.1, 0.15) is 18.3 Å². The molecule has 0 radical (unpaired) electrons. The molecule has 0 aliphatic carbocycles. The molecule has 1 aromatic carbocycles. The van der Waals surface area contributed by atoms with Crippen molar-refractivity contribution in [2.24, 2.45) is 4.99 Å². The van der Waals surface area contributed by atoms with Crippen LogP contribution in [-0.4, -0.2) is 35.5 Å². The van der Waals surface area contributed by atoms with Crippen LogP contribution < -0.4 is 15.4 Å². The summed E-state index contributed by atoms with van der Waals surface area (Å²) < 4.78 is 18.7. The fourth-order valence-electron chi connectivity index (χ4n) is 2.90. The Morgan fingerprint density at radius 3 is 2.79 bits per heavy atom. The van der Waals surface area contributed by atoms with Crippen LogP contribution in [0.1, 0.15) is 38.3 Å². The van der Waals surface area contributed by atoms with E-state index in [1.54, 1.807) is 18.3 Å². The van der Waals surface area contributed by atoms with Gasteiger partial charge in [0.05, 0.1) is 11.8 Å². The molecule has 0 saturated heterocycles. The highest BCUT2D eigenvalue weighted by molar-refractivity contribution is 5.89. The van der Waals surface area contributed by atoms with Crippen molar-refractivity contribution in [1.82, 2.24) is 15.5 Å². The van der Waals surface area contributed by atoms with Gasteiger partial charge in [-0.1, -0.05) is 12.1 Å². The number of nitriles is 1. The summed E-state index contributed by atoms with van der Waals surface area (Å²) in [6, 6.07) is 6.64. The molecule has 1 unspecified atom stereocenters. The summed E-state index contributed by atoms with van der Waals surface area (Å²) in [5.74, 6) is -1.45. The molecule has 2 N–H and O–H groups in total. The van der Waals surface area contributed by atoms with Crippen LogP contribution in [0.2, 0.25) is 0 Å². The first kappa shape index (κ1) is 19.4. The van der Waals surface area contributed by atoms with Crippen molar-refractivity contribution in [3.8, 4) is 11.8 Å². The van der Waals surface area contributed by atoms with E-state index in [2.05, 4.69) is 15.6 Å². The number of alkyl halides is 1. The predicted octanol–water partition coefficient (Wildman–Crippen LogP) is 2.51. The second kappa shape index (κ2) is 7.68. The molecular formula is C19H20FN5O3. The van der Waals surface area contributed by atoms with Gasteiger partial charge < -0.3 is 15.4 Å². The molecule has 3 rings (SSSR count). The summed E-state index contributed by atoms with van der Waals surface area (Å²) in [6.07, 6.45) is 2.95. The van der Waals surface area contributed by atoms with Gasteiger partial charge in [0.25, 0.3) is 0 Å². The number of nitrogens with zero attached hydrogens (tertiary/aromatic N) is 3. The van der Waals surface area contributed by atoms with Crippen molar-refractivity contribution in [3.05, 3.63) is 41.3 Å². The number of nitrogens with one attached hydrogen (secondary N) is 2. The summed E-state index contributed by atoms with van der Waals surface area (Å²) in [5.41, 5.74) is 1.10. The van der Waals surface area contributed by atoms with Crippen molar-refractivity contribution in [2.75, 3.05) is 6.54 Å². The minimum Gasteiger partial charge on any atom is -0.459 e. The van der Waals surface area contributed by atoms with Gasteiger partial charge in [-0.05, 0) is 30.5 Å². The molecule has 0 bridgehead atoms. The summed E-state index contributed by atoms with van der Waals surface area (Å²) in [7, 11) is 0. The lowest BCUT2D eigenvalue weighted by atomic mass is 10.1. The number of urea groups is 1. The second-order valence-corrected chi connectivity index (χ2v) is 6.83. The number of halogens is 1. The Labute approximate surface area is 161 Å². The van der Waals surface area contributed by atoms with Crippen LogP contribution in [0.25, 0.3) is 0 Å². The van der Waals surface area contributed by atoms with E-state index in [0.717, 1.165) is 0 Å². The van der Waals surface area contributed by atoms with E-state index in [9.17, 15) is 19.2 Å². The third-order valence-corrected chi connectivity index (χ3v) is 4.07. The van der Waals surface area contributed by atoms with Gasteiger partial charge in [0.2, 0.25) is 11.8 Å². The van der Waals surface area contributed by atoms with E-state index in [-0.39, 0.29) is 12.5 Å². The van der Waals surface area contributed by atoms with E-state index in [4.69, 9.17) is 4.74 Å². The number of allylic oxidation sites excluding steroid dienone is 1. The summed E-state index contributed by atoms with van der Waals surface area (Å²) in [6.45, 7) is 2.38. The van der Waals surface area contributed by atoms with Gasteiger partial charge in [0.15, 0.2) is 5.82 Å². The van der Waals surface area contributed by atoms with Gasteiger partial charge in [-0.3, -0.25) is 9.69 Å². The third kappa shape index (κ3) is 4.46. The monoisotopic (exact) mass is 385 g/mol. The Morgan fingerprint density at radius 1 is 1.43 bits per heavy atom. The smallest absolute Gasteiger partial charge is 0.324 e. The third-order valence-electron chi connectivity index (χ3n) is 4.07. The molecule has 0 fully saturated rings. The first-order chi connectivity index (χ1) is 13.3. The normalized spacial score (nSPS) is 17.4. The lowest BCUT2D eigenvalue weighted by Crippen LogP contribution is -2.50. The Kier molecular flexibility index (Phi) is 5.31. The molecule has 8 nitrogen and oxygen atoms in total. The molecular weight excluding hydrogens is 365 g/mol. The zero-order valence-corrected chi connectivity index (χ0v) is 15.5. The van der Waals surface area contributed by atoms with Crippen LogP contribution in [0.5, 0.6) is 5.75 Å². The van der Waals surface area contributed by atoms with E-state index in [0.29, 0.717) is 35.7 Å². The number of aliphatic imine (C=N–C) groups is 1. The highest BCUT2D eigenvalue weighted by atomic mass is 19.2. The fraction of sp³-hybridized carbons (Fsp3) is 0.368. The highest BCUT2D eigenvalue weighted by Gasteiger charge is 2.31. The molecule has 2 heterocycles. The number of rotatable bonds is 4. The van der Waals surface area contributed by atoms with Gasteiger partial charge >= 0.3 is 6.03 Å². The average Bonchev–Trinajstić information content (AvgIpc) is 2.64. The lowest BCUT2D eigenvalue weighted by Gasteiger charge is -2.31. The van der Waals surface area contributed by atoms with Gasteiger partial charge in [-0.25, -0.2) is 9.79 Å². The number of carbonyl (C=O) groups is 2. The van der Waals surface area contributed by atoms with Crippen molar-refractivity contribution in [1.29, 1.82) is 5.26 Å². The Hall–Kier alpha value is -3.41. The minimum atomic E-state index is -1.83. The van der Waals surface area contributed by atoms with E-state index < -0.39 is 17.9 Å². The van der Waals surface area contributed by atoms with Crippen molar-refractivity contribution in [2.45, 2.75) is 38.6 Å². The standard InChI is InChI=1S/C19H20FN5O3/c1-19(2,20)28-13-7-5-12(6-8-13)15(10-21)24-18(27)25-11-16(26)23-14-4-3-9-22-17(14)25/h5-9,15H,3-4,11H2,1-2H3,(H,23,26)(H,24,27).